The molecule has 0 heterocycles. The van der Waals surface area contributed by atoms with E-state index in [9.17, 15) is 0 Å². The molecule has 1 rings (SSSR count). The van der Waals surface area contributed by atoms with Gasteiger partial charge in [-0.1, -0.05) is 37.0 Å². The second kappa shape index (κ2) is 4.60. The van der Waals surface area contributed by atoms with Gasteiger partial charge in [0.05, 0.1) is 5.76 Å². The highest BCUT2D eigenvalue weighted by atomic mass is 16.5. The van der Waals surface area contributed by atoms with Crippen molar-refractivity contribution in [1.82, 2.24) is 0 Å². The van der Waals surface area contributed by atoms with E-state index in [2.05, 4.69) is 24.8 Å². The van der Waals surface area contributed by atoms with Crippen molar-refractivity contribution in [2.45, 2.75) is 13.3 Å². The van der Waals surface area contributed by atoms with E-state index in [1.165, 1.54) is 5.57 Å². The van der Waals surface area contributed by atoms with Crippen LogP contribution < -0.4 is 0 Å². The second-order valence-corrected chi connectivity index (χ2v) is 2.79. The first-order valence-corrected chi connectivity index (χ1v) is 4.09. The van der Waals surface area contributed by atoms with E-state index in [0.29, 0.717) is 6.61 Å². The van der Waals surface area contributed by atoms with Crippen molar-refractivity contribution in [2.75, 3.05) is 6.61 Å². The highest BCUT2D eigenvalue weighted by molar-refractivity contribution is 5.26. The van der Waals surface area contributed by atoms with E-state index in [-0.39, 0.29) is 0 Å². The number of hydrogen-bond donors (Lipinski definition) is 0. The summed E-state index contributed by atoms with van der Waals surface area (Å²) in [6.07, 6.45) is 11.4. The maximum absolute atomic E-state index is 5.30. The largest absolute Gasteiger partial charge is 0.494 e. The highest BCUT2D eigenvalue weighted by Crippen LogP contribution is 2.06. The summed E-state index contributed by atoms with van der Waals surface area (Å²) in [5.41, 5.74) is 1.21. The molecule has 0 saturated heterocycles. The van der Waals surface area contributed by atoms with Crippen LogP contribution in [-0.4, -0.2) is 6.61 Å². The molecule has 1 aliphatic carbocycles. The monoisotopic (exact) mass is 162 g/mol. The van der Waals surface area contributed by atoms with Crippen molar-refractivity contribution >= 4 is 0 Å². The molecule has 12 heavy (non-hydrogen) atoms. The summed E-state index contributed by atoms with van der Waals surface area (Å²) >= 11 is 0. The molecule has 0 fully saturated rings. The summed E-state index contributed by atoms with van der Waals surface area (Å²) < 4.78 is 5.30. The Morgan fingerprint density at radius 3 is 3.17 bits per heavy atom. The van der Waals surface area contributed by atoms with Crippen LogP contribution in [0.5, 0.6) is 0 Å². The lowest BCUT2D eigenvalue weighted by Gasteiger charge is -2.04. The molecular weight excluding hydrogens is 148 g/mol. The summed E-state index contributed by atoms with van der Waals surface area (Å²) in [4.78, 5) is 0. The van der Waals surface area contributed by atoms with Crippen molar-refractivity contribution in [3.63, 3.8) is 0 Å². The quantitative estimate of drug-likeness (QED) is 0.580. The summed E-state index contributed by atoms with van der Waals surface area (Å²) in [5.74, 6) is 0.765. The highest BCUT2D eigenvalue weighted by Gasteiger charge is 1.93. The third-order valence-corrected chi connectivity index (χ3v) is 1.56. The Hall–Kier alpha value is -1.24. The minimum absolute atomic E-state index is 0.632. The summed E-state index contributed by atoms with van der Waals surface area (Å²) in [7, 11) is 0. The zero-order valence-corrected chi connectivity index (χ0v) is 7.42. The normalized spacial score (nSPS) is 15.2. The Morgan fingerprint density at radius 2 is 2.42 bits per heavy atom. The number of allylic oxidation sites excluding steroid dienone is 5. The Balaban J connectivity index is 2.42. The molecule has 0 aromatic carbocycles. The molecule has 0 aromatic heterocycles. The van der Waals surface area contributed by atoms with Crippen molar-refractivity contribution in [3.05, 3.63) is 48.3 Å². The van der Waals surface area contributed by atoms with Crippen LogP contribution in [0, 0.1) is 0 Å². The molecule has 0 amide bonds. The fourth-order valence-corrected chi connectivity index (χ4v) is 0.937. The van der Waals surface area contributed by atoms with Crippen LogP contribution in [-0.2, 0) is 4.74 Å². The predicted molar refractivity (Wildman–Crippen MR) is 51.7 cm³/mol. The van der Waals surface area contributed by atoms with Gasteiger partial charge in [-0.2, -0.15) is 0 Å². The molecule has 64 valence electrons. The molecule has 1 aliphatic rings. The van der Waals surface area contributed by atoms with E-state index in [1.807, 2.05) is 19.1 Å². The minimum Gasteiger partial charge on any atom is -0.494 e. The van der Waals surface area contributed by atoms with Crippen LogP contribution in [0.25, 0.3) is 0 Å². The molecule has 0 radical (unpaired) electrons. The van der Waals surface area contributed by atoms with Gasteiger partial charge < -0.3 is 4.74 Å². The third kappa shape index (κ3) is 3.24. The Morgan fingerprint density at radius 1 is 1.58 bits per heavy atom. The molecule has 0 spiro atoms. The topological polar surface area (TPSA) is 9.23 Å². The molecule has 0 saturated carbocycles. The van der Waals surface area contributed by atoms with E-state index in [1.54, 1.807) is 0 Å². The van der Waals surface area contributed by atoms with E-state index in [4.69, 9.17) is 4.74 Å². The van der Waals surface area contributed by atoms with Gasteiger partial charge in [0.1, 0.15) is 6.61 Å². The predicted octanol–water partition coefficient (Wildman–Crippen LogP) is 2.98. The molecule has 0 N–H and O–H groups in total. The van der Waals surface area contributed by atoms with Crippen LogP contribution >= 0.6 is 0 Å². The lowest BCUT2D eigenvalue weighted by molar-refractivity contribution is 0.246. The first-order valence-electron chi connectivity index (χ1n) is 4.09. The van der Waals surface area contributed by atoms with Gasteiger partial charge in [0.25, 0.3) is 0 Å². The van der Waals surface area contributed by atoms with Crippen molar-refractivity contribution in [3.8, 4) is 0 Å². The molecule has 0 aliphatic heterocycles. The van der Waals surface area contributed by atoms with Crippen molar-refractivity contribution in [1.29, 1.82) is 0 Å². The first-order chi connectivity index (χ1) is 5.79. The van der Waals surface area contributed by atoms with Gasteiger partial charge in [0.2, 0.25) is 0 Å². The molecule has 1 nitrogen and oxygen atoms in total. The van der Waals surface area contributed by atoms with Crippen molar-refractivity contribution < 1.29 is 4.74 Å². The molecule has 0 atom stereocenters. The minimum atomic E-state index is 0.632. The number of hydrogen-bond acceptors (Lipinski definition) is 1. The van der Waals surface area contributed by atoms with Gasteiger partial charge in [-0.15, -0.1) is 0 Å². The number of rotatable bonds is 3. The SMILES string of the molecule is C=C(C)OCC1=CCC=CC=C1. The average molecular weight is 162 g/mol. The van der Waals surface area contributed by atoms with Crippen LogP contribution in [0.3, 0.4) is 0 Å². The van der Waals surface area contributed by atoms with Crippen LogP contribution in [0.2, 0.25) is 0 Å². The van der Waals surface area contributed by atoms with Gasteiger partial charge in [-0.25, -0.2) is 0 Å². The molecule has 0 bridgehead atoms. The second-order valence-electron chi connectivity index (χ2n) is 2.79. The fourth-order valence-electron chi connectivity index (χ4n) is 0.937. The average Bonchev–Trinajstić information content (AvgIpc) is 2.28. The van der Waals surface area contributed by atoms with Gasteiger partial charge >= 0.3 is 0 Å². The van der Waals surface area contributed by atoms with Gasteiger partial charge in [-0.05, 0) is 18.9 Å². The van der Waals surface area contributed by atoms with Crippen LogP contribution in [0.1, 0.15) is 13.3 Å². The lowest BCUT2D eigenvalue weighted by Crippen LogP contribution is -1.93. The van der Waals surface area contributed by atoms with E-state index >= 15 is 0 Å². The summed E-state index contributed by atoms with van der Waals surface area (Å²) in [5, 5.41) is 0. The molecular formula is C11H14O. The van der Waals surface area contributed by atoms with Gasteiger partial charge in [-0.3, -0.25) is 0 Å². The molecule has 0 unspecified atom stereocenters. The fraction of sp³-hybridized carbons (Fsp3) is 0.273. The first kappa shape index (κ1) is 8.85. The van der Waals surface area contributed by atoms with Crippen LogP contribution in [0.4, 0.5) is 0 Å². The maximum Gasteiger partial charge on any atom is 0.112 e. The third-order valence-electron chi connectivity index (χ3n) is 1.56. The molecule has 0 aromatic rings. The van der Waals surface area contributed by atoms with Crippen molar-refractivity contribution in [2.24, 2.45) is 0 Å². The van der Waals surface area contributed by atoms with Crippen LogP contribution in [0.15, 0.2) is 48.3 Å². The summed E-state index contributed by atoms with van der Waals surface area (Å²) in [6, 6.07) is 0. The Kier molecular flexibility index (Phi) is 3.39. The van der Waals surface area contributed by atoms with E-state index in [0.717, 1.165) is 12.2 Å². The summed E-state index contributed by atoms with van der Waals surface area (Å²) in [6.45, 7) is 6.17. The smallest absolute Gasteiger partial charge is 0.112 e. The maximum atomic E-state index is 5.30. The zero-order chi connectivity index (χ0) is 8.81. The lowest BCUT2D eigenvalue weighted by atomic mass is 10.2. The number of ether oxygens (including phenoxy) is 1. The van der Waals surface area contributed by atoms with E-state index < -0.39 is 0 Å². The van der Waals surface area contributed by atoms with Gasteiger partial charge in [0, 0.05) is 0 Å². The zero-order valence-electron chi connectivity index (χ0n) is 7.42. The molecule has 1 heteroatoms. The standard InChI is InChI=1S/C11H14O/c1-10(2)12-9-11-7-5-3-4-6-8-11/h3-5,7-8H,1,6,9H2,2H3. The Labute approximate surface area is 73.7 Å². The Bertz CT molecular complexity index is 244. The van der Waals surface area contributed by atoms with Gasteiger partial charge in [0.15, 0.2) is 0 Å².